The van der Waals surface area contributed by atoms with Crippen molar-refractivity contribution in [3.63, 3.8) is 0 Å². The lowest BCUT2D eigenvalue weighted by Crippen LogP contribution is -1.84. The molecule has 0 saturated heterocycles. The molecule has 0 bridgehead atoms. The minimum atomic E-state index is -1.78. The molecule has 0 aliphatic carbocycles. The highest BCUT2D eigenvalue weighted by atomic mass is 32.3. The van der Waals surface area contributed by atoms with Crippen LogP contribution in [-0.4, -0.2) is 10.1 Å². The van der Waals surface area contributed by atoms with E-state index in [1.165, 1.54) is 5.41 Å². The van der Waals surface area contributed by atoms with Crippen molar-refractivity contribution < 1.29 is 4.55 Å². The van der Waals surface area contributed by atoms with Crippen LogP contribution >= 0.6 is 10.3 Å². The standard InChI is InChI=1S/C6H9NOS/c1-3-9(8)4-6(2)7-5-9/h3-5,8H,1H2,2H3. The van der Waals surface area contributed by atoms with E-state index in [2.05, 4.69) is 11.6 Å². The summed E-state index contributed by atoms with van der Waals surface area (Å²) in [5, 5.41) is 3.27. The molecule has 9 heavy (non-hydrogen) atoms. The maximum atomic E-state index is 9.41. The molecule has 1 aliphatic rings. The lowest BCUT2D eigenvalue weighted by molar-refractivity contribution is 0.656. The van der Waals surface area contributed by atoms with E-state index >= 15 is 0 Å². The van der Waals surface area contributed by atoms with Crippen LogP contribution in [0.4, 0.5) is 0 Å². The highest BCUT2D eigenvalue weighted by Crippen LogP contribution is 2.47. The maximum absolute atomic E-state index is 9.41. The summed E-state index contributed by atoms with van der Waals surface area (Å²) in [6.45, 7) is 5.35. The van der Waals surface area contributed by atoms with Crippen molar-refractivity contribution in [3.8, 4) is 0 Å². The van der Waals surface area contributed by atoms with Crippen LogP contribution in [0.25, 0.3) is 0 Å². The molecule has 0 spiro atoms. The van der Waals surface area contributed by atoms with E-state index in [1.54, 1.807) is 11.0 Å². The SMILES string of the molecule is C=CS1(O)C=NC(C)=C1. The molecule has 2 nitrogen and oxygen atoms in total. The van der Waals surface area contributed by atoms with E-state index in [4.69, 9.17) is 0 Å². The number of hydrogen-bond acceptors (Lipinski definition) is 2. The van der Waals surface area contributed by atoms with Gasteiger partial charge in [0.05, 0.1) is 5.55 Å². The van der Waals surface area contributed by atoms with Crippen molar-refractivity contribution in [2.75, 3.05) is 0 Å². The van der Waals surface area contributed by atoms with Crippen LogP contribution in [0.1, 0.15) is 6.92 Å². The first-order valence-corrected chi connectivity index (χ1v) is 4.35. The van der Waals surface area contributed by atoms with E-state index < -0.39 is 10.3 Å². The molecule has 50 valence electrons. The van der Waals surface area contributed by atoms with Gasteiger partial charge in [-0.1, -0.05) is 16.9 Å². The summed E-state index contributed by atoms with van der Waals surface area (Å²) in [4.78, 5) is 3.91. The fourth-order valence-corrected chi connectivity index (χ4v) is 1.78. The van der Waals surface area contributed by atoms with Gasteiger partial charge in [0.25, 0.3) is 0 Å². The number of nitrogens with zero attached hydrogens (tertiary/aromatic N) is 1. The van der Waals surface area contributed by atoms with E-state index in [-0.39, 0.29) is 0 Å². The van der Waals surface area contributed by atoms with Gasteiger partial charge in [0.2, 0.25) is 0 Å². The van der Waals surface area contributed by atoms with Crippen molar-refractivity contribution >= 4 is 15.9 Å². The van der Waals surface area contributed by atoms with Gasteiger partial charge in [-0.2, -0.15) is 0 Å². The third-order valence-corrected chi connectivity index (χ3v) is 2.75. The fourth-order valence-electron chi connectivity index (χ4n) is 0.593. The second-order valence-electron chi connectivity index (χ2n) is 1.88. The second kappa shape index (κ2) is 2.01. The molecule has 1 aliphatic heterocycles. The van der Waals surface area contributed by atoms with Crippen LogP contribution in [0.5, 0.6) is 0 Å². The Bertz CT molecular complexity index is 197. The van der Waals surface area contributed by atoms with Crippen molar-refractivity contribution in [1.29, 1.82) is 0 Å². The zero-order valence-electron chi connectivity index (χ0n) is 5.24. The smallest absolute Gasteiger partial charge is 0.0726 e. The molecule has 0 fully saturated rings. The molecule has 0 aromatic rings. The lowest BCUT2D eigenvalue weighted by atomic mass is 10.6. The van der Waals surface area contributed by atoms with E-state index in [0.29, 0.717) is 0 Å². The molecule has 1 rings (SSSR count). The van der Waals surface area contributed by atoms with Gasteiger partial charge >= 0.3 is 0 Å². The Morgan fingerprint density at radius 2 is 2.56 bits per heavy atom. The minimum absolute atomic E-state index is 0.868. The molecule has 1 atom stereocenters. The first-order chi connectivity index (χ1) is 4.16. The first kappa shape index (κ1) is 6.58. The number of aliphatic imine (C=N–C) groups is 1. The van der Waals surface area contributed by atoms with E-state index in [9.17, 15) is 4.55 Å². The molecular formula is C6H9NOS. The monoisotopic (exact) mass is 143 g/mol. The number of allylic oxidation sites excluding steroid dienone is 1. The summed E-state index contributed by atoms with van der Waals surface area (Å²) in [6, 6.07) is 0. The average Bonchev–Trinajstić information content (AvgIpc) is 2.13. The van der Waals surface area contributed by atoms with Crippen LogP contribution in [0.3, 0.4) is 0 Å². The molecule has 0 radical (unpaired) electrons. The van der Waals surface area contributed by atoms with Gasteiger partial charge in [0.1, 0.15) is 0 Å². The lowest BCUT2D eigenvalue weighted by Gasteiger charge is -2.14. The molecule has 0 aromatic heterocycles. The largest absolute Gasteiger partial charge is 0.339 e. The Morgan fingerprint density at radius 1 is 1.89 bits per heavy atom. The zero-order valence-corrected chi connectivity index (χ0v) is 6.06. The number of rotatable bonds is 1. The Kier molecular flexibility index (Phi) is 1.47. The summed E-state index contributed by atoms with van der Waals surface area (Å²) in [5.41, 5.74) is 2.42. The van der Waals surface area contributed by atoms with Crippen LogP contribution in [-0.2, 0) is 0 Å². The summed E-state index contributed by atoms with van der Waals surface area (Å²) < 4.78 is 9.41. The zero-order chi connectivity index (χ0) is 6.91. The predicted octanol–water partition coefficient (Wildman–Crippen LogP) is 2.31. The molecule has 1 heterocycles. The highest BCUT2D eigenvalue weighted by Gasteiger charge is 2.14. The van der Waals surface area contributed by atoms with Gasteiger partial charge in [0.15, 0.2) is 0 Å². The molecule has 0 saturated carbocycles. The third-order valence-electron chi connectivity index (χ3n) is 1.05. The van der Waals surface area contributed by atoms with Gasteiger partial charge in [-0.25, -0.2) is 0 Å². The van der Waals surface area contributed by atoms with Crippen LogP contribution in [0, 0.1) is 0 Å². The van der Waals surface area contributed by atoms with Crippen molar-refractivity contribution in [2.24, 2.45) is 4.99 Å². The highest BCUT2D eigenvalue weighted by molar-refractivity contribution is 8.44. The van der Waals surface area contributed by atoms with Gasteiger partial charge in [-0.15, -0.1) is 0 Å². The Morgan fingerprint density at radius 3 is 2.78 bits per heavy atom. The van der Waals surface area contributed by atoms with E-state index in [0.717, 1.165) is 5.70 Å². The normalized spacial score (nSPS) is 39.6. The molecule has 3 heteroatoms. The van der Waals surface area contributed by atoms with Gasteiger partial charge < -0.3 is 4.55 Å². The molecular weight excluding hydrogens is 134 g/mol. The Labute approximate surface area is 56.1 Å². The third kappa shape index (κ3) is 1.23. The number of hydrogen-bond donors (Lipinski definition) is 1. The van der Waals surface area contributed by atoms with E-state index in [1.807, 2.05) is 6.92 Å². The van der Waals surface area contributed by atoms with Crippen molar-refractivity contribution in [2.45, 2.75) is 6.92 Å². The second-order valence-corrected chi connectivity index (χ2v) is 4.11. The Hall–Kier alpha value is -0.540. The summed E-state index contributed by atoms with van der Waals surface area (Å²) in [5.74, 6) is 0. The molecule has 1 N–H and O–H groups in total. The summed E-state index contributed by atoms with van der Waals surface area (Å²) >= 11 is 0. The van der Waals surface area contributed by atoms with Crippen LogP contribution < -0.4 is 0 Å². The van der Waals surface area contributed by atoms with Gasteiger partial charge in [-0.3, -0.25) is 4.99 Å². The maximum Gasteiger partial charge on any atom is 0.0726 e. The van der Waals surface area contributed by atoms with Crippen molar-refractivity contribution in [1.82, 2.24) is 0 Å². The van der Waals surface area contributed by atoms with Crippen LogP contribution in [0.15, 0.2) is 28.1 Å². The fraction of sp³-hybridized carbons (Fsp3) is 0.167. The minimum Gasteiger partial charge on any atom is -0.339 e. The topological polar surface area (TPSA) is 32.6 Å². The van der Waals surface area contributed by atoms with Crippen LogP contribution in [0.2, 0.25) is 0 Å². The Balaban J connectivity index is 2.90. The predicted molar refractivity (Wildman–Crippen MR) is 42.7 cm³/mol. The van der Waals surface area contributed by atoms with Gasteiger partial charge in [0, 0.05) is 11.1 Å². The summed E-state index contributed by atoms with van der Waals surface area (Å²) in [6.07, 6.45) is 0. The summed E-state index contributed by atoms with van der Waals surface area (Å²) in [7, 11) is -1.78. The molecule has 0 aromatic carbocycles. The first-order valence-electron chi connectivity index (χ1n) is 2.57. The average molecular weight is 143 g/mol. The quantitative estimate of drug-likeness (QED) is 0.600. The molecule has 1 unspecified atom stereocenters. The van der Waals surface area contributed by atoms with Gasteiger partial charge in [-0.05, 0) is 12.3 Å². The molecule has 0 amide bonds. The van der Waals surface area contributed by atoms with Crippen molar-refractivity contribution in [3.05, 3.63) is 23.1 Å².